The largest absolute Gasteiger partial charge is 0.207 e. The van der Waals surface area contributed by atoms with E-state index in [9.17, 15) is 4.39 Å². The smallest absolute Gasteiger partial charge is 0.123 e. The van der Waals surface area contributed by atoms with Crippen molar-refractivity contribution in [2.75, 3.05) is 0 Å². The molecular formula is C13H7BrClFS. The maximum Gasteiger partial charge on any atom is 0.123 e. The average Bonchev–Trinajstić information content (AvgIpc) is 2.67. The Morgan fingerprint density at radius 3 is 2.71 bits per heavy atom. The Bertz CT molecular complexity index is 720. The van der Waals surface area contributed by atoms with E-state index in [1.54, 1.807) is 17.4 Å². The molecule has 3 rings (SSSR count). The van der Waals surface area contributed by atoms with Crippen LogP contribution in [0.5, 0.6) is 0 Å². The van der Waals surface area contributed by atoms with Crippen molar-refractivity contribution in [2.24, 2.45) is 0 Å². The van der Waals surface area contributed by atoms with Gasteiger partial charge in [0, 0.05) is 30.5 Å². The van der Waals surface area contributed by atoms with E-state index in [1.807, 2.05) is 18.2 Å². The van der Waals surface area contributed by atoms with Gasteiger partial charge in [0.05, 0.1) is 0 Å². The Hall–Kier alpha value is -0.640. The molecule has 0 fully saturated rings. The molecule has 0 aliphatic rings. The second-order valence-electron chi connectivity index (χ2n) is 3.78. The van der Waals surface area contributed by atoms with Gasteiger partial charge in [-0.2, -0.15) is 0 Å². The molecule has 0 spiro atoms. The summed E-state index contributed by atoms with van der Waals surface area (Å²) >= 11 is 11.3. The third kappa shape index (κ3) is 1.77. The minimum Gasteiger partial charge on any atom is -0.207 e. The minimum absolute atomic E-state index is 0.210. The standard InChI is InChI=1S/C13H7BrClFS/c14-6-9-10(15)2-4-12-13(9)8-5-7(16)1-3-11(8)17-12/h1-5H,6H2. The molecule has 1 aromatic heterocycles. The summed E-state index contributed by atoms with van der Waals surface area (Å²) < 4.78 is 15.6. The summed E-state index contributed by atoms with van der Waals surface area (Å²) in [6.45, 7) is 0. The average molecular weight is 330 g/mol. The molecule has 17 heavy (non-hydrogen) atoms. The zero-order chi connectivity index (χ0) is 12.0. The Balaban J connectivity index is 2.56. The first-order chi connectivity index (χ1) is 8.20. The highest BCUT2D eigenvalue weighted by Crippen LogP contribution is 2.39. The van der Waals surface area contributed by atoms with Crippen LogP contribution in [0.25, 0.3) is 20.2 Å². The van der Waals surface area contributed by atoms with Crippen LogP contribution in [0.15, 0.2) is 30.3 Å². The van der Waals surface area contributed by atoms with Gasteiger partial charge in [0.15, 0.2) is 0 Å². The molecule has 4 heteroatoms. The number of hydrogen-bond acceptors (Lipinski definition) is 1. The van der Waals surface area contributed by atoms with Crippen LogP contribution < -0.4 is 0 Å². The van der Waals surface area contributed by atoms with Crippen LogP contribution in [-0.4, -0.2) is 0 Å². The highest BCUT2D eigenvalue weighted by atomic mass is 79.9. The quantitative estimate of drug-likeness (QED) is 0.499. The van der Waals surface area contributed by atoms with E-state index in [0.717, 1.165) is 30.8 Å². The third-order valence-electron chi connectivity index (χ3n) is 2.78. The summed E-state index contributed by atoms with van der Waals surface area (Å²) in [5, 5.41) is 3.40. The number of fused-ring (bicyclic) bond motifs is 3. The molecule has 0 aliphatic carbocycles. The van der Waals surface area contributed by atoms with Gasteiger partial charge in [0.25, 0.3) is 0 Å². The molecule has 0 amide bonds. The second kappa shape index (κ2) is 4.23. The van der Waals surface area contributed by atoms with Crippen molar-refractivity contribution in [2.45, 2.75) is 5.33 Å². The lowest BCUT2D eigenvalue weighted by atomic mass is 10.1. The van der Waals surface area contributed by atoms with Gasteiger partial charge in [-0.1, -0.05) is 27.5 Å². The molecule has 0 nitrogen and oxygen atoms in total. The van der Waals surface area contributed by atoms with Crippen molar-refractivity contribution in [1.82, 2.24) is 0 Å². The monoisotopic (exact) mass is 328 g/mol. The molecule has 86 valence electrons. The van der Waals surface area contributed by atoms with E-state index < -0.39 is 0 Å². The maximum absolute atomic E-state index is 13.3. The SMILES string of the molecule is Fc1ccc2sc3ccc(Cl)c(CBr)c3c2c1. The van der Waals surface area contributed by atoms with E-state index in [-0.39, 0.29) is 5.82 Å². The Morgan fingerprint density at radius 2 is 1.94 bits per heavy atom. The van der Waals surface area contributed by atoms with Gasteiger partial charge in [0.1, 0.15) is 5.82 Å². The topological polar surface area (TPSA) is 0 Å². The van der Waals surface area contributed by atoms with Gasteiger partial charge in [-0.05, 0) is 35.9 Å². The number of halogens is 3. The van der Waals surface area contributed by atoms with Gasteiger partial charge < -0.3 is 0 Å². The van der Waals surface area contributed by atoms with Gasteiger partial charge in [-0.3, -0.25) is 0 Å². The number of alkyl halides is 1. The van der Waals surface area contributed by atoms with E-state index in [2.05, 4.69) is 15.9 Å². The van der Waals surface area contributed by atoms with Crippen molar-refractivity contribution in [3.05, 3.63) is 46.7 Å². The highest BCUT2D eigenvalue weighted by Gasteiger charge is 2.12. The summed E-state index contributed by atoms with van der Waals surface area (Å²) in [5.74, 6) is -0.210. The van der Waals surface area contributed by atoms with E-state index in [1.165, 1.54) is 6.07 Å². The first-order valence-corrected chi connectivity index (χ1v) is 7.37. The fourth-order valence-corrected chi connectivity index (χ4v) is 4.10. The van der Waals surface area contributed by atoms with Crippen molar-refractivity contribution < 1.29 is 4.39 Å². The number of thiophene rings is 1. The summed E-state index contributed by atoms with van der Waals surface area (Å²) in [6, 6.07) is 8.78. The Morgan fingerprint density at radius 1 is 1.18 bits per heavy atom. The highest BCUT2D eigenvalue weighted by molar-refractivity contribution is 9.08. The number of hydrogen-bond donors (Lipinski definition) is 0. The second-order valence-corrected chi connectivity index (χ2v) is 5.83. The molecule has 0 radical (unpaired) electrons. The van der Waals surface area contributed by atoms with Crippen LogP contribution in [-0.2, 0) is 5.33 Å². The van der Waals surface area contributed by atoms with Crippen molar-refractivity contribution in [3.63, 3.8) is 0 Å². The molecule has 2 aromatic carbocycles. The van der Waals surface area contributed by atoms with Crippen LogP contribution >= 0.6 is 38.9 Å². The predicted molar refractivity (Wildman–Crippen MR) is 76.9 cm³/mol. The Kier molecular flexibility index (Phi) is 2.85. The summed E-state index contributed by atoms with van der Waals surface area (Å²) in [6.07, 6.45) is 0. The maximum atomic E-state index is 13.3. The van der Waals surface area contributed by atoms with Crippen molar-refractivity contribution in [3.8, 4) is 0 Å². The summed E-state index contributed by atoms with van der Waals surface area (Å²) in [5.41, 5.74) is 1.03. The van der Waals surface area contributed by atoms with Gasteiger partial charge in [-0.15, -0.1) is 11.3 Å². The van der Waals surface area contributed by atoms with Crippen molar-refractivity contribution >= 4 is 59.0 Å². The first kappa shape index (κ1) is 11.5. The molecule has 0 bridgehead atoms. The predicted octanol–water partition coefficient (Wildman–Crippen LogP) is 5.74. The van der Waals surface area contributed by atoms with Gasteiger partial charge in [-0.25, -0.2) is 4.39 Å². The number of benzene rings is 2. The van der Waals surface area contributed by atoms with Crippen LogP contribution in [0.3, 0.4) is 0 Å². The molecule has 0 saturated heterocycles. The summed E-state index contributed by atoms with van der Waals surface area (Å²) in [4.78, 5) is 0. The normalized spacial score (nSPS) is 11.5. The molecule has 3 aromatic rings. The van der Waals surface area contributed by atoms with E-state index in [4.69, 9.17) is 11.6 Å². The van der Waals surface area contributed by atoms with E-state index in [0.29, 0.717) is 5.33 Å². The first-order valence-electron chi connectivity index (χ1n) is 5.06. The lowest BCUT2D eigenvalue weighted by molar-refractivity contribution is 0.630. The molecule has 1 heterocycles. The van der Waals surface area contributed by atoms with Crippen LogP contribution in [0.2, 0.25) is 5.02 Å². The summed E-state index contributed by atoms with van der Waals surface area (Å²) in [7, 11) is 0. The lowest BCUT2D eigenvalue weighted by Gasteiger charge is -2.02. The van der Waals surface area contributed by atoms with Crippen LogP contribution in [0.4, 0.5) is 4.39 Å². The molecular weight excluding hydrogens is 323 g/mol. The third-order valence-corrected chi connectivity index (χ3v) is 4.83. The Labute approximate surface area is 115 Å². The zero-order valence-corrected chi connectivity index (χ0v) is 11.8. The lowest BCUT2D eigenvalue weighted by Crippen LogP contribution is -1.81. The molecule has 0 unspecified atom stereocenters. The number of rotatable bonds is 1. The molecule has 0 N–H and O–H groups in total. The molecule has 0 atom stereocenters. The minimum atomic E-state index is -0.210. The fourth-order valence-electron chi connectivity index (χ4n) is 2.02. The van der Waals surface area contributed by atoms with Gasteiger partial charge >= 0.3 is 0 Å². The molecule has 0 aliphatic heterocycles. The fraction of sp³-hybridized carbons (Fsp3) is 0.0769. The molecule has 0 saturated carbocycles. The zero-order valence-electron chi connectivity index (χ0n) is 8.64. The van der Waals surface area contributed by atoms with Crippen LogP contribution in [0, 0.1) is 5.82 Å². The van der Waals surface area contributed by atoms with Crippen molar-refractivity contribution in [1.29, 1.82) is 0 Å². The van der Waals surface area contributed by atoms with Crippen LogP contribution in [0.1, 0.15) is 5.56 Å². The van der Waals surface area contributed by atoms with Gasteiger partial charge in [0.2, 0.25) is 0 Å². The van der Waals surface area contributed by atoms with E-state index >= 15 is 0 Å².